The van der Waals surface area contributed by atoms with Crippen molar-refractivity contribution >= 4 is 0 Å². The number of nitriles is 2. The van der Waals surface area contributed by atoms with Crippen LogP contribution in [0, 0.1) is 34.5 Å². The van der Waals surface area contributed by atoms with Gasteiger partial charge in [-0.1, -0.05) is 39.8 Å². The number of benzene rings is 1. The third kappa shape index (κ3) is 4.71. The molecule has 0 bridgehead atoms. The molecule has 0 aliphatic carbocycles. The first kappa shape index (κ1) is 22.9. The summed E-state index contributed by atoms with van der Waals surface area (Å²) < 4.78 is 3.67. The first-order valence-electron chi connectivity index (χ1n) is 11.2. The number of nitrogens with zero attached hydrogens (tertiary/aromatic N) is 9. The predicted octanol–water partition coefficient (Wildman–Crippen LogP) is 3.44. The number of hydrogen-bond donors (Lipinski definition) is 1. The summed E-state index contributed by atoms with van der Waals surface area (Å²) in [6.45, 7) is 9.29. The van der Waals surface area contributed by atoms with Crippen LogP contribution in [0.2, 0.25) is 0 Å². The van der Waals surface area contributed by atoms with Gasteiger partial charge in [0.2, 0.25) is 0 Å². The Balaban J connectivity index is 1.67. The van der Waals surface area contributed by atoms with Crippen LogP contribution in [0.5, 0.6) is 0 Å². The lowest BCUT2D eigenvalue weighted by Gasteiger charge is -2.11. The van der Waals surface area contributed by atoms with E-state index in [2.05, 4.69) is 60.5 Å². The van der Waals surface area contributed by atoms with Gasteiger partial charge < -0.3 is 0 Å². The topological polar surface area (TPSA) is 138 Å². The minimum Gasteiger partial charge on any atom is -0.297 e. The summed E-state index contributed by atoms with van der Waals surface area (Å²) in [5.74, 6) is 3.16. The Hall–Kier alpha value is -4.31. The van der Waals surface area contributed by atoms with Gasteiger partial charge in [-0.3, -0.25) is 4.57 Å². The highest BCUT2D eigenvalue weighted by molar-refractivity contribution is 5.67. The average molecular weight is 455 g/mol. The fourth-order valence-electron chi connectivity index (χ4n) is 3.88. The van der Waals surface area contributed by atoms with E-state index in [4.69, 9.17) is 10.1 Å². The lowest BCUT2D eigenvalue weighted by Crippen LogP contribution is -2.10. The largest absolute Gasteiger partial charge is 0.297 e. The smallest absolute Gasteiger partial charge is 0.197 e. The zero-order valence-electron chi connectivity index (χ0n) is 19.7. The molecule has 0 saturated carbocycles. The standard InChI is InChI=1S/C24H26N10/c1-15(2)9-21-27-22(10-16(3)4)33(30-21)14-17-5-7-19(8-6-17)34-20(13-26)11-18(12-25)23(34)24-28-31-32-29-24/h5-8,11,15-16H,9-10,14H2,1-4H3,(H,28,29,31,32). The molecule has 0 spiro atoms. The van der Waals surface area contributed by atoms with Gasteiger partial charge in [0.25, 0.3) is 0 Å². The summed E-state index contributed by atoms with van der Waals surface area (Å²) in [5.41, 5.74) is 2.88. The van der Waals surface area contributed by atoms with Crippen LogP contribution in [0.3, 0.4) is 0 Å². The highest BCUT2D eigenvalue weighted by atomic mass is 15.5. The summed E-state index contributed by atoms with van der Waals surface area (Å²) >= 11 is 0. The molecule has 0 saturated heterocycles. The van der Waals surface area contributed by atoms with E-state index in [9.17, 15) is 10.5 Å². The second-order valence-electron chi connectivity index (χ2n) is 9.07. The van der Waals surface area contributed by atoms with Gasteiger partial charge in [-0.25, -0.2) is 14.8 Å². The Morgan fingerprint density at radius 1 is 1.00 bits per heavy atom. The summed E-state index contributed by atoms with van der Waals surface area (Å²) in [6.07, 6.45) is 1.71. The number of H-pyrrole nitrogens is 1. The maximum Gasteiger partial charge on any atom is 0.197 e. The van der Waals surface area contributed by atoms with Crippen LogP contribution in [-0.2, 0) is 19.4 Å². The third-order valence-electron chi connectivity index (χ3n) is 5.31. The first-order chi connectivity index (χ1) is 16.4. The van der Waals surface area contributed by atoms with E-state index in [0.717, 1.165) is 35.7 Å². The fourth-order valence-corrected chi connectivity index (χ4v) is 3.88. The van der Waals surface area contributed by atoms with Crippen LogP contribution in [0.25, 0.3) is 17.2 Å². The van der Waals surface area contributed by atoms with Gasteiger partial charge in [0.15, 0.2) is 11.6 Å². The molecule has 3 heterocycles. The van der Waals surface area contributed by atoms with Gasteiger partial charge in [0.05, 0.1) is 12.1 Å². The Labute approximate surface area is 197 Å². The van der Waals surface area contributed by atoms with E-state index in [1.807, 2.05) is 28.9 Å². The van der Waals surface area contributed by atoms with Crippen molar-refractivity contribution in [1.29, 1.82) is 10.5 Å². The van der Waals surface area contributed by atoms with Crippen LogP contribution in [0.1, 0.15) is 56.2 Å². The Kier molecular flexibility index (Phi) is 6.51. The highest BCUT2D eigenvalue weighted by Gasteiger charge is 2.21. The maximum atomic E-state index is 9.67. The number of aromatic nitrogens is 8. The Morgan fingerprint density at radius 2 is 1.74 bits per heavy atom. The van der Waals surface area contributed by atoms with Gasteiger partial charge in [-0.15, -0.1) is 5.10 Å². The molecule has 4 aromatic rings. The summed E-state index contributed by atoms with van der Waals surface area (Å²) in [5, 5.41) is 37.9. The molecule has 0 aliphatic rings. The van der Waals surface area contributed by atoms with E-state index < -0.39 is 0 Å². The number of aromatic amines is 1. The van der Waals surface area contributed by atoms with Gasteiger partial charge in [-0.2, -0.15) is 15.6 Å². The van der Waals surface area contributed by atoms with Gasteiger partial charge in [0.1, 0.15) is 29.4 Å². The fraction of sp³-hybridized carbons (Fsp3) is 0.375. The van der Waals surface area contributed by atoms with Crippen molar-refractivity contribution in [2.24, 2.45) is 11.8 Å². The molecule has 4 rings (SSSR count). The van der Waals surface area contributed by atoms with Crippen molar-refractivity contribution in [2.45, 2.75) is 47.1 Å². The highest BCUT2D eigenvalue weighted by Crippen LogP contribution is 2.28. The predicted molar refractivity (Wildman–Crippen MR) is 125 cm³/mol. The summed E-state index contributed by atoms with van der Waals surface area (Å²) in [7, 11) is 0. The Morgan fingerprint density at radius 3 is 2.32 bits per heavy atom. The molecule has 0 radical (unpaired) electrons. The van der Waals surface area contributed by atoms with Crippen molar-refractivity contribution in [1.82, 2.24) is 40.0 Å². The molecular formula is C24H26N10. The molecule has 1 aromatic carbocycles. The van der Waals surface area contributed by atoms with Crippen molar-refractivity contribution in [3.8, 4) is 29.3 Å². The molecule has 0 fully saturated rings. The molecule has 10 heteroatoms. The number of hydrogen-bond acceptors (Lipinski definition) is 7. The minimum atomic E-state index is 0.317. The van der Waals surface area contributed by atoms with Crippen molar-refractivity contribution < 1.29 is 0 Å². The zero-order chi connectivity index (χ0) is 24.2. The van der Waals surface area contributed by atoms with Crippen molar-refractivity contribution in [3.63, 3.8) is 0 Å². The van der Waals surface area contributed by atoms with Crippen LogP contribution in [-0.4, -0.2) is 40.0 Å². The molecule has 0 amide bonds. The summed E-state index contributed by atoms with van der Waals surface area (Å²) in [4.78, 5) is 4.79. The van der Waals surface area contributed by atoms with Crippen LogP contribution >= 0.6 is 0 Å². The molecule has 0 aliphatic heterocycles. The van der Waals surface area contributed by atoms with Crippen LogP contribution in [0.15, 0.2) is 30.3 Å². The molecule has 34 heavy (non-hydrogen) atoms. The molecular weight excluding hydrogens is 428 g/mol. The Bertz CT molecular complexity index is 1340. The first-order valence-corrected chi connectivity index (χ1v) is 11.2. The van der Waals surface area contributed by atoms with Crippen molar-refractivity contribution in [2.75, 3.05) is 0 Å². The van der Waals surface area contributed by atoms with Crippen molar-refractivity contribution in [3.05, 3.63) is 58.8 Å². The van der Waals surface area contributed by atoms with E-state index in [1.165, 1.54) is 6.07 Å². The van der Waals surface area contributed by atoms with Gasteiger partial charge in [-0.05, 0) is 46.0 Å². The molecule has 10 nitrogen and oxygen atoms in total. The SMILES string of the molecule is CC(C)Cc1nc(CC(C)C)n(Cc2ccc(-n3c(C#N)cc(C#N)c3-c3nnn[nH]3)cc2)n1. The minimum absolute atomic E-state index is 0.317. The molecule has 0 atom stereocenters. The van der Waals surface area contributed by atoms with E-state index >= 15 is 0 Å². The monoisotopic (exact) mass is 454 g/mol. The average Bonchev–Trinajstić information content (AvgIpc) is 3.52. The van der Waals surface area contributed by atoms with E-state index in [-0.39, 0.29) is 0 Å². The lowest BCUT2D eigenvalue weighted by molar-refractivity contribution is 0.560. The quantitative estimate of drug-likeness (QED) is 0.430. The molecule has 1 N–H and O–H groups in total. The zero-order valence-corrected chi connectivity index (χ0v) is 19.7. The van der Waals surface area contributed by atoms with Crippen LogP contribution < -0.4 is 0 Å². The number of rotatable bonds is 8. The van der Waals surface area contributed by atoms with Gasteiger partial charge >= 0.3 is 0 Å². The third-order valence-corrected chi connectivity index (χ3v) is 5.31. The lowest BCUT2D eigenvalue weighted by atomic mass is 10.1. The van der Waals surface area contributed by atoms with E-state index in [0.29, 0.717) is 41.2 Å². The van der Waals surface area contributed by atoms with Gasteiger partial charge in [0, 0.05) is 18.5 Å². The maximum absolute atomic E-state index is 9.67. The summed E-state index contributed by atoms with van der Waals surface area (Å²) in [6, 6.07) is 13.6. The molecule has 3 aromatic heterocycles. The molecule has 0 unspecified atom stereocenters. The van der Waals surface area contributed by atoms with Crippen LogP contribution in [0.4, 0.5) is 0 Å². The second kappa shape index (κ2) is 9.67. The normalized spacial score (nSPS) is 11.2. The van der Waals surface area contributed by atoms with E-state index in [1.54, 1.807) is 4.57 Å². The second-order valence-corrected chi connectivity index (χ2v) is 9.07. The molecule has 172 valence electrons. The number of tetrazole rings is 1. The number of nitrogens with one attached hydrogen (secondary N) is 1.